The van der Waals surface area contributed by atoms with E-state index >= 15 is 0 Å². The highest BCUT2D eigenvalue weighted by Crippen LogP contribution is 2.19. The molecule has 2 rings (SSSR count). The van der Waals surface area contributed by atoms with Crippen LogP contribution in [0.2, 0.25) is 0 Å². The number of benzene rings is 1. The molecule has 0 radical (unpaired) electrons. The molecule has 1 aromatic carbocycles. The van der Waals surface area contributed by atoms with Gasteiger partial charge in [-0.2, -0.15) is 5.10 Å². The fourth-order valence-corrected chi connectivity index (χ4v) is 2.58. The van der Waals surface area contributed by atoms with Crippen molar-refractivity contribution in [3.05, 3.63) is 30.0 Å². The molecular formula is C16H25N3O. The fraction of sp³-hybridized carbons (Fsp3) is 0.562. The molecular weight excluding hydrogens is 250 g/mol. The second kappa shape index (κ2) is 7.41. The van der Waals surface area contributed by atoms with Crippen LogP contribution in [0.1, 0.15) is 25.5 Å². The summed E-state index contributed by atoms with van der Waals surface area (Å²) in [5, 5.41) is 9.45. The number of fused-ring (bicyclic) bond motifs is 1. The minimum Gasteiger partial charge on any atom is -0.383 e. The zero-order chi connectivity index (χ0) is 14.4. The van der Waals surface area contributed by atoms with E-state index in [-0.39, 0.29) is 0 Å². The van der Waals surface area contributed by atoms with E-state index in [0.29, 0.717) is 6.04 Å². The van der Waals surface area contributed by atoms with E-state index in [1.807, 2.05) is 11.7 Å². The van der Waals surface area contributed by atoms with Crippen molar-refractivity contribution in [1.29, 1.82) is 0 Å². The summed E-state index contributed by atoms with van der Waals surface area (Å²) in [5.41, 5.74) is 2.38. The number of rotatable bonds is 8. The minimum absolute atomic E-state index is 0.403. The van der Waals surface area contributed by atoms with E-state index in [1.54, 1.807) is 7.11 Å². The molecule has 0 saturated heterocycles. The first-order valence-electron chi connectivity index (χ1n) is 7.39. The number of methoxy groups -OCH3 is 1. The van der Waals surface area contributed by atoms with Crippen LogP contribution in [-0.4, -0.2) is 36.1 Å². The molecule has 1 aromatic heterocycles. The van der Waals surface area contributed by atoms with Gasteiger partial charge in [0.25, 0.3) is 0 Å². The molecule has 0 amide bonds. The van der Waals surface area contributed by atoms with Gasteiger partial charge in [-0.05, 0) is 31.9 Å². The van der Waals surface area contributed by atoms with Crippen LogP contribution in [0, 0.1) is 0 Å². The molecule has 20 heavy (non-hydrogen) atoms. The number of aryl methyl sites for hydroxylation is 2. The molecule has 110 valence electrons. The van der Waals surface area contributed by atoms with Crippen molar-refractivity contribution in [2.75, 3.05) is 20.3 Å². The van der Waals surface area contributed by atoms with Crippen molar-refractivity contribution in [3.63, 3.8) is 0 Å². The predicted molar refractivity (Wildman–Crippen MR) is 83.0 cm³/mol. The Labute approximate surface area is 121 Å². The number of para-hydroxylation sites is 1. The summed E-state index contributed by atoms with van der Waals surface area (Å²) in [6.45, 7) is 3.98. The third-order valence-electron chi connectivity index (χ3n) is 3.61. The summed E-state index contributed by atoms with van der Waals surface area (Å²) in [6, 6.07) is 8.82. The second-order valence-corrected chi connectivity index (χ2v) is 5.23. The van der Waals surface area contributed by atoms with Gasteiger partial charge in [0.2, 0.25) is 0 Å². The van der Waals surface area contributed by atoms with Crippen LogP contribution in [0.25, 0.3) is 10.9 Å². The van der Waals surface area contributed by atoms with Crippen LogP contribution in [-0.2, 0) is 18.2 Å². The van der Waals surface area contributed by atoms with Crippen LogP contribution < -0.4 is 5.32 Å². The third kappa shape index (κ3) is 3.58. The van der Waals surface area contributed by atoms with Crippen molar-refractivity contribution in [1.82, 2.24) is 15.1 Å². The Hall–Kier alpha value is -1.39. The Kier molecular flexibility index (Phi) is 5.56. The first-order chi connectivity index (χ1) is 9.76. The molecule has 0 spiro atoms. The molecule has 2 aromatic rings. The van der Waals surface area contributed by atoms with E-state index in [0.717, 1.165) is 32.4 Å². The van der Waals surface area contributed by atoms with E-state index in [2.05, 4.69) is 41.6 Å². The number of ether oxygens (including phenoxy) is 1. The van der Waals surface area contributed by atoms with E-state index < -0.39 is 0 Å². The maximum atomic E-state index is 5.29. The zero-order valence-corrected chi connectivity index (χ0v) is 12.7. The summed E-state index contributed by atoms with van der Waals surface area (Å²) in [4.78, 5) is 0. The lowest BCUT2D eigenvalue weighted by Gasteiger charge is -2.16. The van der Waals surface area contributed by atoms with Crippen molar-refractivity contribution >= 4 is 10.9 Å². The molecule has 1 atom stereocenters. The SMILES string of the molecule is CCCNC(CCc1nn(C)c2ccccc12)COC. The molecule has 0 aliphatic rings. The van der Waals surface area contributed by atoms with Gasteiger partial charge in [0.15, 0.2) is 0 Å². The number of hydrogen-bond donors (Lipinski definition) is 1. The molecule has 0 aliphatic carbocycles. The Balaban J connectivity index is 2.03. The second-order valence-electron chi connectivity index (χ2n) is 5.23. The van der Waals surface area contributed by atoms with Gasteiger partial charge < -0.3 is 10.1 Å². The number of aromatic nitrogens is 2. The van der Waals surface area contributed by atoms with Crippen molar-refractivity contribution in [2.24, 2.45) is 7.05 Å². The van der Waals surface area contributed by atoms with Crippen LogP contribution in [0.15, 0.2) is 24.3 Å². The lowest BCUT2D eigenvalue weighted by molar-refractivity contribution is 0.162. The molecule has 1 unspecified atom stereocenters. The molecule has 1 heterocycles. The average molecular weight is 275 g/mol. The summed E-state index contributed by atoms with van der Waals surface area (Å²) in [6.07, 6.45) is 3.17. The maximum absolute atomic E-state index is 5.29. The number of nitrogens with zero attached hydrogens (tertiary/aromatic N) is 2. The normalized spacial score (nSPS) is 12.9. The first-order valence-corrected chi connectivity index (χ1v) is 7.39. The fourth-order valence-electron chi connectivity index (χ4n) is 2.58. The Morgan fingerprint density at radius 2 is 2.15 bits per heavy atom. The molecule has 0 bridgehead atoms. The van der Waals surface area contributed by atoms with Crippen LogP contribution in [0.5, 0.6) is 0 Å². The van der Waals surface area contributed by atoms with E-state index in [9.17, 15) is 0 Å². The summed E-state index contributed by atoms with van der Waals surface area (Å²) >= 11 is 0. The van der Waals surface area contributed by atoms with Crippen LogP contribution >= 0.6 is 0 Å². The molecule has 0 aliphatic heterocycles. The maximum Gasteiger partial charge on any atom is 0.0703 e. The van der Waals surface area contributed by atoms with E-state index in [4.69, 9.17) is 4.74 Å². The van der Waals surface area contributed by atoms with Crippen LogP contribution in [0.3, 0.4) is 0 Å². The molecule has 0 fully saturated rings. The van der Waals surface area contributed by atoms with Gasteiger partial charge in [0.1, 0.15) is 0 Å². The highest BCUT2D eigenvalue weighted by Gasteiger charge is 2.12. The first kappa shape index (κ1) is 15.0. The van der Waals surface area contributed by atoms with Gasteiger partial charge in [-0.1, -0.05) is 25.1 Å². The highest BCUT2D eigenvalue weighted by molar-refractivity contribution is 5.81. The minimum atomic E-state index is 0.403. The van der Waals surface area contributed by atoms with Gasteiger partial charge >= 0.3 is 0 Å². The Morgan fingerprint density at radius 1 is 1.35 bits per heavy atom. The van der Waals surface area contributed by atoms with Gasteiger partial charge in [0, 0.05) is 25.6 Å². The van der Waals surface area contributed by atoms with Gasteiger partial charge in [0.05, 0.1) is 17.8 Å². The van der Waals surface area contributed by atoms with E-state index in [1.165, 1.54) is 16.6 Å². The average Bonchev–Trinajstić information content (AvgIpc) is 2.79. The molecule has 1 N–H and O–H groups in total. The largest absolute Gasteiger partial charge is 0.383 e. The third-order valence-corrected chi connectivity index (χ3v) is 3.61. The number of hydrogen-bond acceptors (Lipinski definition) is 3. The summed E-state index contributed by atoms with van der Waals surface area (Å²) in [7, 11) is 3.77. The van der Waals surface area contributed by atoms with Crippen LogP contribution in [0.4, 0.5) is 0 Å². The monoisotopic (exact) mass is 275 g/mol. The molecule has 4 heteroatoms. The highest BCUT2D eigenvalue weighted by atomic mass is 16.5. The molecule has 4 nitrogen and oxygen atoms in total. The van der Waals surface area contributed by atoms with Gasteiger partial charge in [-0.15, -0.1) is 0 Å². The molecule has 0 saturated carbocycles. The lowest BCUT2D eigenvalue weighted by Crippen LogP contribution is -2.34. The summed E-state index contributed by atoms with van der Waals surface area (Å²) in [5.74, 6) is 0. The number of nitrogens with one attached hydrogen (secondary N) is 1. The van der Waals surface area contributed by atoms with Gasteiger partial charge in [-0.3, -0.25) is 4.68 Å². The lowest BCUT2D eigenvalue weighted by atomic mass is 10.1. The Bertz CT molecular complexity index is 536. The topological polar surface area (TPSA) is 39.1 Å². The summed E-state index contributed by atoms with van der Waals surface area (Å²) < 4.78 is 7.26. The predicted octanol–water partition coefficient (Wildman–Crippen LogP) is 2.52. The van der Waals surface area contributed by atoms with Crippen molar-refractivity contribution < 1.29 is 4.74 Å². The Morgan fingerprint density at radius 3 is 2.90 bits per heavy atom. The van der Waals surface area contributed by atoms with Crippen molar-refractivity contribution in [3.8, 4) is 0 Å². The van der Waals surface area contributed by atoms with Gasteiger partial charge in [-0.25, -0.2) is 0 Å². The quantitative estimate of drug-likeness (QED) is 0.804. The zero-order valence-electron chi connectivity index (χ0n) is 12.7. The smallest absolute Gasteiger partial charge is 0.0703 e. The standard InChI is InChI=1S/C16H25N3O/c1-4-11-17-13(12-20-3)9-10-15-14-7-5-6-8-16(14)19(2)18-15/h5-8,13,17H,4,9-12H2,1-3H3. The van der Waals surface area contributed by atoms with Crippen molar-refractivity contribution in [2.45, 2.75) is 32.2 Å².